The minimum absolute atomic E-state index is 0.430. The van der Waals surface area contributed by atoms with Crippen LogP contribution in [0.3, 0.4) is 0 Å². The van der Waals surface area contributed by atoms with Crippen LogP contribution < -0.4 is 11.3 Å². The highest BCUT2D eigenvalue weighted by Gasteiger charge is 2.24. The van der Waals surface area contributed by atoms with Gasteiger partial charge in [-0.3, -0.25) is 10.3 Å². The molecule has 2 fully saturated rings. The van der Waals surface area contributed by atoms with Gasteiger partial charge in [-0.15, -0.1) is 0 Å². The van der Waals surface area contributed by atoms with Crippen molar-refractivity contribution in [2.45, 2.75) is 57.6 Å². The number of hydrogen-bond acceptors (Lipinski definition) is 4. The first-order valence-corrected chi connectivity index (χ1v) is 8.22. The molecule has 0 bridgehead atoms. The van der Waals surface area contributed by atoms with Gasteiger partial charge in [0.2, 0.25) is 5.96 Å². The number of guanidine groups is 1. The zero-order valence-corrected chi connectivity index (χ0v) is 13.5. The summed E-state index contributed by atoms with van der Waals surface area (Å²) >= 11 is 0. The van der Waals surface area contributed by atoms with Crippen LogP contribution in [0.2, 0.25) is 0 Å². The molecule has 1 saturated heterocycles. The van der Waals surface area contributed by atoms with Gasteiger partial charge in [0.05, 0.1) is 11.6 Å². The predicted molar refractivity (Wildman–Crippen MR) is 85.9 cm³/mol. The highest BCUT2D eigenvalue weighted by atomic mass is 16.3. The van der Waals surface area contributed by atoms with Crippen molar-refractivity contribution < 1.29 is 5.11 Å². The predicted octanol–water partition coefficient (Wildman–Crippen LogP) is 0.527. The summed E-state index contributed by atoms with van der Waals surface area (Å²) in [6, 6.07) is 0.430. The molecule has 0 aromatic rings. The van der Waals surface area contributed by atoms with Gasteiger partial charge in [0.25, 0.3) is 0 Å². The van der Waals surface area contributed by atoms with Crippen molar-refractivity contribution in [3.63, 3.8) is 0 Å². The van der Waals surface area contributed by atoms with Crippen molar-refractivity contribution in [3.05, 3.63) is 0 Å². The minimum atomic E-state index is -0.632. The van der Waals surface area contributed by atoms with Crippen molar-refractivity contribution in [1.29, 1.82) is 0 Å². The summed E-state index contributed by atoms with van der Waals surface area (Å²) in [5.74, 6) is 6.52. The topological polar surface area (TPSA) is 77.1 Å². The van der Waals surface area contributed by atoms with Gasteiger partial charge in [-0.25, -0.2) is 10.8 Å². The SMILES string of the molecule is CC(C)(O)CN1CCN(C(=NC2CCCCC2)NN)CC1. The summed E-state index contributed by atoms with van der Waals surface area (Å²) in [5.41, 5.74) is 2.16. The summed E-state index contributed by atoms with van der Waals surface area (Å²) < 4.78 is 0. The third-order valence-electron chi connectivity index (χ3n) is 4.29. The van der Waals surface area contributed by atoms with E-state index in [1.807, 2.05) is 13.8 Å². The molecule has 1 heterocycles. The van der Waals surface area contributed by atoms with Crippen molar-refractivity contribution in [3.8, 4) is 0 Å². The summed E-state index contributed by atoms with van der Waals surface area (Å²) in [6.07, 6.45) is 6.28. The molecule has 0 atom stereocenters. The Hall–Kier alpha value is -0.850. The van der Waals surface area contributed by atoms with E-state index >= 15 is 0 Å². The molecule has 122 valence electrons. The van der Waals surface area contributed by atoms with Crippen molar-refractivity contribution in [2.75, 3.05) is 32.7 Å². The Morgan fingerprint density at radius 1 is 1.19 bits per heavy atom. The van der Waals surface area contributed by atoms with Crippen LogP contribution in [0.15, 0.2) is 4.99 Å². The molecular weight excluding hydrogens is 266 g/mol. The Kier molecular flexibility index (Phi) is 5.84. The standard InChI is InChI=1S/C15H31N5O/c1-15(2,21)12-19-8-10-20(11-9-19)14(18-16)17-13-6-4-3-5-7-13/h13,21H,3-12,16H2,1-2H3,(H,17,18). The van der Waals surface area contributed by atoms with E-state index in [-0.39, 0.29) is 0 Å². The fourth-order valence-electron chi connectivity index (χ4n) is 3.26. The Morgan fingerprint density at radius 3 is 2.33 bits per heavy atom. The molecule has 1 saturated carbocycles. The van der Waals surface area contributed by atoms with E-state index in [2.05, 4.69) is 15.2 Å². The van der Waals surface area contributed by atoms with E-state index in [1.54, 1.807) is 0 Å². The highest BCUT2D eigenvalue weighted by molar-refractivity contribution is 5.79. The van der Waals surface area contributed by atoms with Crippen molar-refractivity contribution >= 4 is 5.96 Å². The molecule has 0 amide bonds. The summed E-state index contributed by atoms with van der Waals surface area (Å²) in [6.45, 7) is 8.13. The van der Waals surface area contributed by atoms with Crippen LogP contribution in [-0.4, -0.2) is 65.2 Å². The molecule has 0 radical (unpaired) electrons. The van der Waals surface area contributed by atoms with Gasteiger partial charge in [0.1, 0.15) is 0 Å². The van der Waals surface area contributed by atoms with E-state index in [0.717, 1.165) is 32.1 Å². The number of aliphatic hydroxyl groups is 1. The molecule has 2 aliphatic rings. The Morgan fingerprint density at radius 2 is 1.81 bits per heavy atom. The van der Waals surface area contributed by atoms with Gasteiger partial charge < -0.3 is 10.0 Å². The monoisotopic (exact) mass is 297 g/mol. The number of nitrogens with one attached hydrogen (secondary N) is 1. The summed E-state index contributed by atoms with van der Waals surface area (Å²) in [7, 11) is 0. The largest absolute Gasteiger partial charge is 0.389 e. The smallest absolute Gasteiger partial charge is 0.208 e. The number of hydrazine groups is 1. The zero-order chi connectivity index (χ0) is 15.3. The van der Waals surface area contributed by atoms with Gasteiger partial charge in [0.15, 0.2) is 0 Å². The molecule has 0 unspecified atom stereocenters. The average molecular weight is 297 g/mol. The zero-order valence-electron chi connectivity index (χ0n) is 13.5. The summed E-state index contributed by atoms with van der Waals surface area (Å²) in [4.78, 5) is 9.34. The van der Waals surface area contributed by atoms with Crippen LogP contribution in [-0.2, 0) is 0 Å². The lowest BCUT2D eigenvalue weighted by molar-refractivity contribution is 0.0248. The van der Waals surface area contributed by atoms with Gasteiger partial charge in [-0.1, -0.05) is 19.3 Å². The maximum absolute atomic E-state index is 9.90. The molecule has 1 aliphatic heterocycles. The summed E-state index contributed by atoms with van der Waals surface area (Å²) in [5, 5.41) is 9.90. The molecule has 0 aromatic carbocycles. The number of nitrogens with two attached hydrogens (primary N) is 1. The van der Waals surface area contributed by atoms with Gasteiger partial charge >= 0.3 is 0 Å². The quantitative estimate of drug-likeness (QED) is 0.306. The van der Waals surface area contributed by atoms with Crippen LogP contribution in [0, 0.1) is 0 Å². The second-order valence-electron chi connectivity index (χ2n) is 6.96. The third-order valence-corrected chi connectivity index (χ3v) is 4.29. The molecule has 6 heteroatoms. The molecule has 21 heavy (non-hydrogen) atoms. The fourth-order valence-corrected chi connectivity index (χ4v) is 3.26. The number of β-amino-alcohol motifs (C(OH)–C–C–N with tert-alkyl or cyclic N) is 1. The first-order chi connectivity index (χ1) is 9.98. The lowest BCUT2D eigenvalue weighted by atomic mass is 9.96. The first-order valence-electron chi connectivity index (χ1n) is 8.22. The Balaban J connectivity index is 1.85. The minimum Gasteiger partial charge on any atom is -0.389 e. The number of aliphatic imine (C=N–C) groups is 1. The van der Waals surface area contributed by atoms with Crippen LogP contribution in [0.25, 0.3) is 0 Å². The molecule has 4 N–H and O–H groups in total. The van der Waals surface area contributed by atoms with Crippen molar-refractivity contribution in [1.82, 2.24) is 15.2 Å². The van der Waals surface area contributed by atoms with Gasteiger partial charge in [0, 0.05) is 32.7 Å². The normalized spacial score (nSPS) is 23.4. The lowest BCUT2D eigenvalue weighted by Crippen LogP contribution is -2.56. The van der Waals surface area contributed by atoms with Gasteiger partial charge in [-0.05, 0) is 26.7 Å². The maximum atomic E-state index is 9.90. The van der Waals surface area contributed by atoms with E-state index in [9.17, 15) is 5.11 Å². The fraction of sp³-hybridized carbons (Fsp3) is 0.933. The number of piperazine rings is 1. The van der Waals surface area contributed by atoms with E-state index in [0.29, 0.717) is 12.6 Å². The maximum Gasteiger partial charge on any atom is 0.208 e. The van der Waals surface area contributed by atoms with E-state index in [4.69, 9.17) is 10.8 Å². The third kappa shape index (κ3) is 5.45. The molecule has 0 spiro atoms. The Bertz CT molecular complexity index is 338. The molecule has 1 aliphatic carbocycles. The number of rotatable bonds is 3. The van der Waals surface area contributed by atoms with Crippen LogP contribution in [0.4, 0.5) is 0 Å². The molecule has 2 rings (SSSR count). The number of hydrogen-bond donors (Lipinski definition) is 3. The van der Waals surface area contributed by atoms with Gasteiger partial charge in [-0.2, -0.15) is 0 Å². The van der Waals surface area contributed by atoms with E-state index in [1.165, 1.54) is 32.1 Å². The molecular formula is C15H31N5O. The highest BCUT2D eigenvalue weighted by Crippen LogP contribution is 2.20. The van der Waals surface area contributed by atoms with E-state index < -0.39 is 5.60 Å². The van der Waals surface area contributed by atoms with Crippen LogP contribution in [0.1, 0.15) is 46.0 Å². The first kappa shape index (κ1) is 16.5. The second kappa shape index (κ2) is 7.42. The average Bonchev–Trinajstić information content (AvgIpc) is 2.45. The molecule has 0 aromatic heterocycles. The molecule has 6 nitrogen and oxygen atoms in total. The van der Waals surface area contributed by atoms with Crippen LogP contribution >= 0.6 is 0 Å². The Labute approximate surface area is 128 Å². The second-order valence-corrected chi connectivity index (χ2v) is 6.96. The van der Waals surface area contributed by atoms with Crippen molar-refractivity contribution in [2.24, 2.45) is 10.8 Å². The number of nitrogens with zero attached hydrogens (tertiary/aromatic N) is 3. The lowest BCUT2D eigenvalue weighted by Gasteiger charge is -2.38. The van der Waals surface area contributed by atoms with Crippen LogP contribution in [0.5, 0.6) is 0 Å².